The van der Waals surface area contributed by atoms with Gasteiger partial charge in [-0.3, -0.25) is 5.32 Å². The first-order valence-corrected chi connectivity index (χ1v) is 12.1. The van der Waals surface area contributed by atoms with Gasteiger partial charge in [-0.2, -0.15) is 0 Å². The molecule has 2 rings (SSSR count). The Labute approximate surface area is 219 Å². The van der Waals surface area contributed by atoms with Gasteiger partial charge in [0, 0.05) is 32.2 Å². The van der Waals surface area contributed by atoms with Crippen LogP contribution in [0.25, 0.3) is 22.2 Å². The number of fused-ring (bicyclic) bond motifs is 1. The summed E-state index contributed by atoms with van der Waals surface area (Å²) in [7, 11) is 4.03. The summed E-state index contributed by atoms with van der Waals surface area (Å²) in [6.45, 7) is 15.3. The number of aromatic nitrogens is 2. The molecule has 0 spiro atoms. The van der Waals surface area contributed by atoms with Crippen LogP contribution in [0.5, 0.6) is 0 Å². The Hall–Kier alpha value is -4.31. The third-order valence-corrected chi connectivity index (χ3v) is 5.70. The maximum absolute atomic E-state index is 12.1. The lowest BCUT2D eigenvalue weighted by atomic mass is 9.97. The lowest BCUT2D eigenvalue weighted by molar-refractivity contribution is 0.252. The van der Waals surface area contributed by atoms with Crippen LogP contribution in [-0.4, -0.2) is 72.4 Å². The molecule has 2 aromatic rings. The van der Waals surface area contributed by atoms with E-state index in [-0.39, 0.29) is 6.03 Å². The fraction of sp³-hybridized carbons (Fsp3) is 0.296. The summed E-state index contributed by atoms with van der Waals surface area (Å²) in [6.07, 6.45) is 9.94. The van der Waals surface area contributed by atoms with Crippen LogP contribution >= 0.6 is 0 Å². The highest BCUT2D eigenvalue weighted by atomic mass is 16.2. The van der Waals surface area contributed by atoms with Gasteiger partial charge < -0.3 is 31.6 Å². The smallest absolute Gasteiger partial charge is 0.321 e. The summed E-state index contributed by atoms with van der Waals surface area (Å²) in [5, 5.41) is 5.43. The van der Waals surface area contributed by atoms with E-state index in [4.69, 9.17) is 11.5 Å². The van der Waals surface area contributed by atoms with Crippen molar-refractivity contribution in [3.8, 4) is 0 Å². The molecule has 0 saturated heterocycles. The predicted octanol–water partition coefficient (Wildman–Crippen LogP) is 3.47. The Morgan fingerprint density at radius 2 is 2.00 bits per heavy atom. The van der Waals surface area contributed by atoms with Crippen LogP contribution in [0.15, 0.2) is 66.6 Å². The van der Waals surface area contributed by atoms with Crippen molar-refractivity contribution in [1.82, 2.24) is 25.1 Å². The lowest BCUT2D eigenvalue weighted by Gasteiger charge is -2.23. The average Bonchev–Trinajstić information content (AvgIpc) is 3.28. The van der Waals surface area contributed by atoms with Gasteiger partial charge in [-0.15, -0.1) is 0 Å². The van der Waals surface area contributed by atoms with Crippen molar-refractivity contribution in [2.45, 2.75) is 13.8 Å². The van der Waals surface area contributed by atoms with Gasteiger partial charge in [0.1, 0.15) is 5.82 Å². The summed E-state index contributed by atoms with van der Waals surface area (Å²) in [4.78, 5) is 28.5. The minimum atomic E-state index is -0.347. The molecule has 0 atom stereocenters. The summed E-state index contributed by atoms with van der Waals surface area (Å²) in [6, 6.07) is 3.57. The highest BCUT2D eigenvalue weighted by Crippen LogP contribution is 2.31. The van der Waals surface area contributed by atoms with Crippen molar-refractivity contribution in [3.05, 3.63) is 72.7 Å². The van der Waals surface area contributed by atoms with E-state index in [1.165, 1.54) is 12.5 Å². The van der Waals surface area contributed by atoms with E-state index >= 15 is 0 Å². The highest BCUT2D eigenvalue weighted by Gasteiger charge is 2.15. The molecule has 0 saturated carbocycles. The molecule has 10 heteroatoms. The van der Waals surface area contributed by atoms with Gasteiger partial charge in [0.2, 0.25) is 5.95 Å². The number of likely N-dealkylation sites (N-methyl/N-ethyl adjacent to an activating group) is 2. The van der Waals surface area contributed by atoms with Crippen molar-refractivity contribution in [3.63, 3.8) is 0 Å². The third kappa shape index (κ3) is 8.11. The SMILES string of the molecule is C=C/C(=C\C=C/N)c1cc(C(=C)/C=C(\N=CN)N(C)CCN(C)CC)c2nc(NC(=O)NCC)[nH]c2c1. The van der Waals surface area contributed by atoms with Gasteiger partial charge in [-0.05, 0) is 67.7 Å². The van der Waals surface area contributed by atoms with Crippen molar-refractivity contribution in [2.24, 2.45) is 16.5 Å². The van der Waals surface area contributed by atoms with Crippen LogP contribution in [-0.2, 0) is 0 Å². The Kier molecular flexibility index (Phi) is 11.2. The van der Waals surface area contributed by atoms with E-state index in [0.29, 0.717) is 29.4 Å². The summed E-state index contributed by atoms with van der Waals surface area (Å²) < 4.78 is 0. The second kappa shape index (κ2) is 14.3. The molecule has 0 bridgehead atoms. The number of allylic oxidation sites excluding steroid dienone is 6. The molecule has 1 aromatic carbocycles. The quantitative estimate of drug-likeness (QED) is 0.160. The van der Waals surface area contributed by atoms with Crippen LogP contribution in [0.1, 0.15) is 25.0 Å². The number of nitrogens with zero attached hydrogens (tertiary/aromatic N) is 4. The third-order valence-electron chi connectivity index (χ3n) is 5.70. The van der Waals surface area contributed by atoms with Crippen LogP contribution in [0.4, 0.5) is 10.7 Å². The van der Waals surface area contributed by atoms with Gasteiger partial charge in [-0.1, -0.05) is 32.2 Å². The molecule has 0 aliphatic heterocycles. The van der Waals surface area contributed by atoms with Crippen LogP contribution in [0.3, 0.4) is 0 Å². The summed E-state index contributed by atoms with van der Waals surface area (Å²) >= 11 is 0. The Bertz CT molecular complexity index is 1220. The number of aliphatic imine (C=N–C) groups is 1. The van der Waals surface area contributed by atoms with E-state index in [1.807, 2.05) is 43.2 Å². The Morgan fingerprint density at radius 3 is 2.62 bits per heavy atom. The number of carbonyl (C=O) groups is 1. The van der Waals surface area contributed by atoms with Gasteiger partial charge >= 0.3 is 6.03 Å². The Morgan fingerprint density at radius 1 is 1.24 bits per heavy atom. The van der Waals surface area contributed by atoms with E-state index in [2.05, 4.69) is 57.6 Å². The normalized spacial score (nSPS) is 12.6. The molecule has 7 N–H and O–H groups in total. The molecule has 0 aliphatic carbocycles. The van der Waals surface area contributed by atoms with Gasteiger partial charge in [0.05, 0.1) is 17.4 Å². The molecule has 198 valence electrons. The van der Waals surface area contributed by atoms with Crippen LogP contribution in [0.2, 0.25) is 0 Å². The number of aromatic amines is 1. The zero-order valence-corrected chi connectivity index (χ0v) is 22.2. The zero-order valence-electron chi connectivity index (χ0n) is 22.2. The molecule has 0 fully saturated rings. The number of anilines is 1. The number of imidazole rings is 1. The Balaban J connectivity index is 2.61. The fourth-order valence-electron chi connectivity index (χ4n) is 3.49. The maximum atomic E-state index is 12.1. The monoisotopic (exact) mass is 505 g/mol. The van der Waals surface area contributed by atoms with Gasteiger partial charge in [0.25, 0.3) is 0 Å². The van der Waals surface area contributed by atoms with Crippen LogP contribution < -0.4 is 22.1 Å². The van der Waals surface area contributed by atoms with Crippen molar-refractivity contribution in [2.75, 3.05) is 45.6 Å². The predicted molar refractivity (Wildman–Crippen MR) is 156 cm³/mol. The van der Waals surface area contributed by atoms with Crippen molar-refractivity contribution < 1.29 is 4.79 Å². The first-order chi connectivity index (χ1) is 17.8. The molecular weight excluding hydrogens is 466 g/mol. The molecule has 0 radical (unpaired) electrons. The number of H-pyrrole nitrogens is 1. The van der Waals surface area contributed by atoms with Crippen LogP contribution in [0, 0.1) is 0 Å². The van der Waals surface area contributed by atoms with Gasteiger partial charge in [-0.25, -0.2) is 14.8 Å². The topological polar surface area (TPSA) is 141 Å². The van der Waals surface area contributed by atoms with E-state index in [1.54, 1.807) is 12.2 Å². The molecule has 10 nitrogen and oxygen atoms in total. The highest BCUT2D eigenvalue weighted by molar-refractivity contribution is 5.97. The number of rotatable bonds is 13. The number of benzene rings is 1. The second-order valence-corrected chi connectivity index (χ2v) is 8.32. The van der Waals surface area contributed by atoms with Gasteiger partial charge in [0.15, 0.2) is 0 Å². The number of urea groups is 1. The first kappa shape index (κ1) is 28.9. The average molecular weight is 506 g/mol. The number of nitrogens with two attached hydrogens (primary N) is 2. The minimum absolute atomic E-state index is 0.321. The van der Waals surface area contributed by atoms with Crippen molar-refractivity contribution >= 4 is 40.5 Å². The summed E-state index contributed by atoms with van der Waals surface area (Å²) in [5.74, 6) is 0.986. The second-order valence-electron chi connectivity index (χ2n) is 8.32. The standard InChI is InChI=1S/C27H39N9O/c1-7-20(11-10-12-28)21-16-22(25-23(17-21)32-26(33-25)34-27(37)30-8-2)19(4)15-24(31-18-29)36(6)14-13-35(5)9-3/h7,10-12,15-18H,1,4,8-9,13-14,28H2,2-3,5-6H3,(H2,29,31)(H3,30,32,33,34,37)/b12-10-,20-11+,24-15+. The fourth-order valence-corrected chi connectivity index (χ4v) is 3.49. The zero-order chi connectivity index (χ0) is 27.4. The molecule has 2 amide bonds. The maximum Gasteiger partial charge on any atom is 0.321 e. The van der Waals surface area contributed by atoms with Crippen molar-refractivity contribution in [1.29, 1.82) is 0 Å². The molecule has 1 aromatic heterocycles. The summed E-state index contributed by atoms with van der Waals surface area (Å²) in [5.41, 5.74) is 15.7. The lowest BCUT2D eigenvalue weighted by Crippen LogP contribution is -2.30. The number of amides is 2. The number of carbonyl (C=O) groups excluding carboxylic acids is 1. The largest absolute Gasteiger partial charge is 0.405 e. The number of hydrogen-bond donors (Lipinski definition) is 5. The molecular formula is C27H39N9O. The number of nitrogens with one attached hydrogen (secondary N) is 3. The van der Waals surface area contributed by atoms with E-state index in [0.717, 1.165) is 41.9 Å². The first-order valence-electron chi connectivity index (χ1n) is 12.1. The number of hydrogen-bond acceptors (Lipinski definition) is 6. The van der Waals surface area contributed by atoms with E-state index < -0.39 is 0 Å². The van der Waals surface area contributed by atoms with E-state index in [9.17, 15) is 4.79 Å². The molecule has 0 unspecified atom stereocenters. The minimum Gasteiger partial charge on any atom is -0.405 e. The molecule has 37 heavy (non-hydrogen) atoms. The molecule has 0 aliphatic rings. The molecule has 1 heterocycles.